The van der Waals surface area contributed by atoms with E-state index in [0.29, 0.717) is 35.9 Å². The molecule has 1 fully saturated rings. The summed E-state index contributed by atoms with van der Waals surface area (Å²) >= 11 is 0. The van der Waals surface area contributed by atoms with Gasteiger partial charge in [-0.15, -0.1) is 0 Å². The molecule has 0 amide bonds. The van der Waals surface area contributed by atoms with E-state index in [4.69, 9.17) is 0 Å². The first kappa shape index (κ1) is 18.5. The third-order valence-electron chi connectivity index (χ3n) is 4.64. The molecule has 0 saturated heterocycles. The van der Waals surface area contributed by atoms with E-state index in [9.17, 15) is 9.50 Å². The van der Waals surface area contributed by atoms with Gasteiger partial charge in [-0.1, -0.05) is 19.8 Å². The highest BCUT2D eigenvalue weighted by atomic mass is 19.1. The highest BCUT2D eigenvalue weighted by molar-refractivity contribution is 5.73. The molecular formula is C19H26FN5O. The molecule has 0 aliphatic heterocycles. The molecule has 26 heavy (non-hydrogen) atoms. The van der Waals surface area contributed by atoms with Gasteiger partial charge in [0.1, 0.15) is 17.4 Å². The van der Waals surface area contributed by atoms with E-state index >= 15 is 0 Å². The molecule has 0 spiro atoms. The van der Waals surface area contributed by atoms with Crippen molar-refractivity contribution in [1.29, 1.82) is 0 Å². The van der Waals surface area contributed by atoms with E-state index in [2.05, 4.69) is 32.5 Å². The lowest BCUT2D eigenvalue weighted by molar-refractivity contribution is 0.0314. The van der Waals surface area contributed by atoms with Gasteiger partial charge in [0.05, 0.1) is 17.5 Å². The zero-order valence-electron chi connectivity index (χ0n) is 15.1. The van der Waals surface area contributed by atoms with Gasteiger partial charge in [-0.05, 0) is 44.2 Å². The summed E-state index contributed by atoms with van der Waals surface area (Å²) < 4.78 is 13.2. The predicted molar refractivity (Wildman–Crippen MR) is 100 cm³/mol. The second kappa shape index (κ2) is 8.40. The van der Waals surface area contributed by atoms with Crippen LogP contribution in [0.25, 0.3) is 11.3 Å². The Labute approximate surface area is 153 Å². The zero-order valence-corrected chi connectivity index (χ0v) is 15.1. The molecule has 3 rings (SSSR count). The Balaban J connectivity index is 1.90. The minimum Gasteiger partial charge on any atom is -0.371 e. The number of hydrogen-bond donors (Lipinski definition) is 3. The molecule has 2 aromatic rings. The Morgan fingerprint density at radius 2 is 1.96 bits per heavy atom. The second-order valence-corrected chi connectivity index (χ2v) is 6.82. The van der Waals surface area contributed by atoms with Crippen molar-refractivity contribution in [2.24, 2.45) is 0 Å². The summed E-state index contributed by atoms with van der Waals surface area (Å²) in [6, 6.07) is 2.95. The Hall–Kier alpha value is -2.28. The van der Waals surface area contributed by atoms with Crippen LogP contribution < -0.4 is 10.6 Å². The first-order valence-electron chi connectivity index (χ1n) is 9.33. The van der Waals surface area contributed by atoms with Crippen molar-refractivity contribution in [3.05, 3.63) is 30.3 Å². The van der Waals surface area contributed by atoms with E-state index in [1.165, 1.54) is 12.3 Å². The molecule has 0 unspecified atom stereocenters. The first-order valence-corrected chi connectivity index (χ1v) is 9.33. The third-order valence-corrected chi connectivity index (χ3v) is 4.64. The van der Waals surface area contributed by atoms with E-state index in [-0.39, 0.29) is 0 Å². The topological polar surface area (TPSA) is 83.0 Å². The number of unbranched alkanes of at least 4 members (excludes halogenated alkanes) is 1. The summed E-state index contributed by atoms with van der Waals surface area (Å²) in [7, 11) is 0. The lowest BCUT2D eigenvalue weighted by atomic mass is 9.91. The SMILES string of the molecule is CCCCNc1ncc(-c2ccc(F)cn2)c(NC2(O)CCCCC2)n1. The number of halogens is 1. The van der Waals surface area contributed by atoms with Gasteiger partial charge < -0.3 is 15.7 Å². The molecule has 0 radical (unpaired) electrons. The van der Waals surface area contributed by atoms with Gasteiger partial charge in [-0.2, -0.15) is 4.98 Å². The van der Waals surface area contributed by atoms with Crippen molar-refractivity contribution in [2.75, 3.05) is 17.2 Å². The molecule has 3 N–H and O–H groups in total. The Bertz CT molecular complexity index is 716. The predicted octanol–water partition coefficient (Wildman–Crippen LogP) is 3.95. The lowest BCUT2D eigenvalue weighted by Gasteiger charge is -2.33. The van der Waals surface area contributed by atoms with Crippen molar-refractivity contribution in [3.63, 3.8) is 0 Å². The van der Waals surface area contributed by atoms with Gasteiger partial charge in [-0.25, -0.2) is 9.37 Å². The van der Waals surface area contributed by atoms with Crippen LogP contribution >= 0.6 is 0 Å². The number of aromatic nitrogens is 3. The van der Waals surface area contributed by atoms with Crippen LogP contribution in [0.2, 0.25) is 0 Å². The van der Waals surface area contributed by atoms with Crippen molar-refractivity contribution in [2.45, 2.75) is 57.6 Å². The van der Waals surface area contributed by atoms with Crippen molar-refractivity contribution in [3.8, 4) is 11.3 Å². The number of aliphatic hydroxyl groups is 1. The van der Waals surface area contributed by atoms with Crippen molar-refractivity contribution in [1.82, 2.24) is 15.0 Å². The molecular weight excluding hydrogens is 333 g/mol. The minimum atomic E-state index is -0.984. The van der Waals surface area contributed by atoms with Crippen LogP contribution in [0.3, 0.4) is 0 Å². The van der Waals surface area contributed by atoms with E-state index in [1.807, 2.05) is 0 Å². The number of nitrogens with zero attached hydrogens (tertiary/aromatic N) is 3. The summed E-state index contributed by atoms with van der Waals surface area (Å²) in [5.74, 6) is 0.627. The molecule has 0 bridgehead atoms. The van der Waals surface area contributed by atoms with Crippen molar-refractivity contribution >= 4 is 11.8 Å². The van der Waals surface area contributed by atoms with Crippen molar-refractivity contribution < 1.29 is 9.50 Å². The maximum Gasteiger partial charge on any atom is 0.224 e. The van der Waals surface area contributed by atoms with E-state index < -0.39 is 11.5 Å². The number of anilines is 2. The van der Waals surface area contributed by atoms with Crippen LogP contribution in [0.4, 0.5) is 16.2 Å². The molecule has 1 aliphatic rings. The van der Waals surface area contributed by atoms with E-state index in [0.717, 1.165) is 38.6 Å². The van der Waals surface area contributed by atoms with Crippen LogP contribution in [0.1, 0.15) is 51.9 Å². The largest absolute Gasteiger partial charge is 0.371 e. The summed E-state index contributed by atoms with van der Waals surface area (Å²) in [5, 5.41) is 17.3. The quantitative estimate of drug-likeness (QED) is 0.513. The minimum absolute atomic E-state index is 0.395. The third kappa shape index (κ3) is 4.66. The molecule has 1 saturated carbocycles. The molecule has 6 nitrogen and oxygen atoms in total. The Morgan fingerprint density at radius 3 is 2.65 bits per heavy atom. The fourth-order valence-corrected chi connectivity index (χ4v) is 3.14. The number of rotatable bonds is 7. The van der Waals surface area contributed by atoms with Gasteiger partial charge >= 0.3 is 0 Å². The average molecular weight is 359 g/mol. The number of nitrogens with one attached hydrogen (secondary N) is 2. The molecule has 2 heterocycles. The highest BCUT2D eigenvalue weighted by Gasteiger charge is 2.30. The lowest BCUT2D eigenvalue weighted by Crippen LogP contribution is -2.40. The Kier molecular flexibility index (Phi) is 5.98. The second-order valence-electron chi connectivity index (χ2n) is 6.82. The van der Waals surface area contributed by atoms with Crippen LogP contribution in [0.5, 0.6) is 0 Å². The average Bonchev–Trinajstić information content (AvgIpc) is 2.63. The standard InChI is InChI=1S/C19H26FN5O/c1-2-3-11-21-18-23-13-15(16-8-7-14(20)12-22-16)17(24-18)25-19(26)9-5-4-6-10-19/h7-8,12-13,26H,2-6,9-11H2,1H3,(H2,21,23,24,25). The van der Waals surface area contributed by atoms with Gasteiger partial charge in [0, 0.05) is 12.7 Å². The molecule has 1 aliphatic carbocycles. The zero-order chi connectivity index (χ0) is 18.4. The van der Waals surface area contributed by atoms with Crippen LogP contribution in [0.15, 0.2) is 24.5 Å². The molecule has 2 aromatic heterocycles. The van der Waals surface area contributed by atoms with Crippen LogP contribution in [-0.2, 0) is 0 Å². The summed E-state index contributed by atoms with van der Waals surface area (Å²) in [6.07, 6.45) is 9.35. The number of hydrogen-bond acceptors (Lipinski definition) is 6. The van der Waals surface area contributed by atoms with Crippen LogP contribution in [-0.4, -0.2) is 32.3 Å². The van der Waals surface area contributed by atoms with Gasteiger partial charge in [0.15, 0.2) is 0 Å². The smallest absolute Gasteiger partial charge is 0.224 e. The maximum absolute atomic E-state index is 13.2. The van der Waals surface area contributed by atoms with Gasteiger partial charge in [0.2, 0.25) is 5.95 Å². The normalized spacial score (nSPS) is 16.3. The molecule has 0 aromatic carbocycles. The van der Waals surface area contributed by atoms with Gasteiger partial charge in [0.25, 0.3) is 0 Å². The highest BCUT2D eigenvalue weighted by Crippen LogP contribution is 2.33. The Morgan fingerprint density at radius 1 is 1.15 bits per heavy atom. The van der Waals surface area contributed by atoms with Gasteiger partial charge in [-0.3, -0.25) is 4.98 Å². The molecule has 0 atom stereocenters. The summed E-state index contributed by atoms with van der Waals surface area (Å²) in [6.45, 7) is 2.91. The maximum atomic E-state index is 13.2. The fraction of sp³-hybridized carbons (Fsp3) is 0.526. The fourth-order valence-electron chi connectivity index (χ4n) is 3.14. The summed E-state index contributed by atoms with van der Waals surface area (Å²) in [4.78, 5) is 13.0. The first-order chi connectivity index (χ1) is 12.6. The molecule has 140 valence electrons. The van der Waals surface area contributed by atoms with Crippen LogP contribution in [0, 0.1) is 5.82 Å². The van der Waals surface area contributed by atoms with E-state index in [1.54, 1.807) is 12.3 Å². The monoisotopic (exact) mass is 359 g/mol. The summed E-state index contributed by atoms with van der Waals surface area (Å²) in [5.41, 5.74) is 0.223. The number of pyridine rings is 1. The molecule has 7 heteroatoms.